The van der Waals surface area contributed by atoms with Crippen molar-refractivity contribution in [3.8, 4) is 5.69 Å². The first-order valence-corrected chi connectivity index (χ1v) is 9.46. The molecule has 1 fully saturated rings. The largest absolute Gasteiger partial charge is 0.346 e. The van der Waals surface area contributed by atoms with Crippen molar-refractivity contribution in [3.05, 3.63) is 45.5 Å². The van der Waals surface area contributed by atoms with Gasteiger partial charge in [-0.15, -0.1) is 22.7 Å². The highest BCUT2D eigenvalue weighted by atomic mass is 32.1. The van der Waals surface area contributed by atoms with Gasteiger partial charge in [-0.25, -0.2) is 4.79 Å². The molecule has 1 saturated heterocycles. The first-order valence-electron chi connectivity index (χ1n) is 7.70. The molecule has 2 aromatic heterocycles. The second-order valence-corrected chi connectivity index (χ2v) is 7.53. The number of carbonyl (C=O) groups is 1. The van der Waals surface area contributed by atoms with Crippen LogP contribution < -0.4 is 4.80 Å². The van der Waals surface area contributed by atoms with Gasteiger partial charge in [0.15, 0.2) is 4.80 Å². The molecular weight excluding hydrogens is 326 g/mol. The predicted octanol–water partition coefficient (Wildman–Crippen LogP) is 4.18. The van der Waals surface area contributed by atoms with E-state index in [2.05, 4.69) is 35.5 Å². The summed E-state index contributed by atoms with van der Waals surface area (Å²) >= 11 is 3.26. The third-order valence-corrected chi connectivity index (χ3v) is 6.02. The maximum atomic E-state index is 12.3. The molecule has 23 heavy (non-hydrogen) atoms. The van der Waals surface area contributed by atoms with Gasteiger partial charge in [-0.1, -0.05) is 0 Å². The number of fused-ring (bicyclic) bond motifs is 1. The van der Waals surface area contributed by atoms with Crippen LogP contribution in [0.25, 0.3) is 15.8 Å². The minimum absolute atomic E-state index is 0.119. The highest BCUT2D eigenvalue weighted by Crippen LogP contribution is 2.27. The lowest BCUT2D eigenvalue weighted by Gasteiger charge is -2.10. The van der Waals surface area contributed by atoms with Crippen molar-refractivity contribution < 1.29 is 4.79 Å². The molecule has 0 bridgehead atoms. The molecule has 4 rings (SSSR count). The maximum absolute atomic E-state index is 12.3. The number of hydrogen-bond acceptors (Lipinski definition) is 3. The summed E-state index contributed by atoms with van der Waals surface area (Å²) in [6.45, 7) is 3.78. The van der Waals surface area contributed by atoms with Gasteiger partial charge in [-0.05, 0) is 54.3 Å². The lowest BCUT2D eigenvalue weighted by Crippen LogP contribution is -2.27. The number of nitrogens with zero attached hydrogens (tertiary/aromatic N) is 3. The molecule has 0 saturated carbocycles. The summed E-state index contributed by atoms with van der Waals surface area (Å²) in [5.41, 5.74) is 2.34. The van der Waals surface area contributed by atoms with Gasteiger partial charge >= 0.3 is 6.03 Å². The molecule has 1 aliphatic heterocycles. The van der Waals surface area contributed by atoms with Crippen LogP contribution in [0.4, 0.5) is 4.79 Å². The summed E-state index contributed by atoms with van der Waals surface area (Å²) < 4.78 is 3.28. The van der Waals surface area contributed by atoms with Crippen molar-refractivity contribution in [3.63, 3.8) is 0 Å². The Morgan fingerprint density at radius 3 is 2.87 bits per heavy atom. The van der Waals surface area contributed by atoms with Gasteiger partial charge in [-0.3, -0.25) is 4.57 Å². The molecule has 0 N–H and O–H groups in total. The number of hydrogen-bond donors (Lipinski definition) is 0. The standard InChI is InChI=1S/C17H17N3OS2/c1-12-11-23-15-5-4-13(10-14(12)15)20-8-9-22-17(20)18-16(21)19-6-2-3-7-19/h4-5,8-11H,2-3,6-7H2,1H3. The van der Waals surface area contributed by atoms with E-state index in [0.717, 1.165) is 36.4 Å². The highest BCUT2D eigenvalue weighted by molar-refractivity contribution is 7.17. The molecule has 3 heterocycles. The summed E-state index contributed by atoms with van der Waals surface area (Å²) in [7, 11) is 0. The molecule has 4 nitrogen and oxygen atoms in total. The third-order valence-electron chi connectivity index (χ3n) is 4.19. The second-order valence-electron chi connectivity index (χ2n) is 5.74. The van der Waals surface area contributed by atoms with Gasteiger partial charge in [0.1, 0.15) is 0 Å². The van der Waals surface area contributed by atoms with Crippen molar-refractivity contribution in [2.24, 2.45) is 4.99 Å². The first-order chi connectivity index (χ1) is 11.2. The molecule has 0 aliphatic carbocycles. The Bertz CT molecular complexity index is 929. The van der Waals surface area contributed by atoms with Crippen molar-refractivity contribution in [2.45, 2.75) is 19.8 Å². The van der Waals surface area contributed by atoms with Gasteiger partial charge in [0, 0.05) is 35.1 Å². The molecule has 118 valence electrons. The molecule has 1 aromatic carbocycles. The number of thiophene rings is 1. The second kappa shape index (κ2) is 5.94. The van der Waals surface area contributed by atoms with E-state index in [-0.39, 0.29) is 6.03 Å². The fourth-order valence-corrected chi connectivity index (χ4v) is 4.54. The summed E-state index contributed by atoms with van der Waals surface area (Å²) in [4.78, 5) is 19.2. The van der Waals surface area contributed by atoms with Crippen LogP contribution in [0.5, 0.6) is 0 Å². The number of amides is 2. The molecular formula is C17H17N3OS2. The maximum Gasteiger partial charge on any atom is 0.346 e. The molecule has 0 radical (unpaired) electrons. The van der Waals surface area contributed by atoms with Crippen LogP contribution in [0, 0.1) is 6.92 Å². The molecule has 6 heteroatoms. The zero-order valence-electron chi connectivity index (χ0n) is 12.9. The molecule has 0 unspecified atom stereocenters. The summed E-state index contributed by atoms with van der Waals surface area (Å²) in [6.07, 6.45) is 4.14. The Morgan fingerprint density at radius 2 is 2.04 bits per heavy atom. The third kappa shape index (κ3) is 2.72. The molecule has 0 atom stereocenters. The van der Waals surface area contributed by atoms with Crippen LogP contribution in [0.2, 0.25) is 0 Å². The Morgan fingerprint density at radius 1 is 1.22 bits per heavy atom. The number of aryl methyl sites for hydroxylation is 1. The van der Waals surface area contributed by atoms with Crippen molar-refractivity contribution in [1.29, 1.82) is 0 Å². The number of urea groups is 1. The van der Waals surface area contributed by atoms with Crippen molar-refractivity contribution in [2.75, 3.05) is 13.1 Å². The molecule has 2 amide bonds. The monoisotopic (exact) mass is 343 g/mol. The summed E-state index contributed by atoms with van der Waals surface area (Å²) in [5, 5.41) is 5.42. The highest BCUT2D eigenvalue weighted by Gasteiger charge is 2.17. The number of thiazole rings is 1. The average Bonchev–Trinajstić information content (AvgIpc) is 3.28. The average molecular weight is 343 g/mol. The van der Waals surface area contributed by atoms with Crippen LogP contribution in [0.1, 0.15) is 18.4 Å². The first kappa shape index (κ1) is 14.7. The van der Waals surface area contributed by atoms with Crippen LogP contribution in [-0.4, -0.2) is 28.6 Å². The lowest BCUT2D eigenvalue weighted by molar-refractivity contribution is 0.218. The minimum atomic E-state index is -0.119. The zero-order valence-corrected chi connectivity index (χ0v) is 14.5. The minimum Gasteiger partial charge on any atom is -0.323 e. The number of benzene rings is 1. The molecule has 1 aliphatic rings. The van der Waals surface area contributed by atoms with E-state index in [1.165, 1.54) is 27.0 Å². The van der Waals surface area contributed by atoms with Crippen LogP contribution in [0.15, 0.2) is 40.1 Å². The van der Waals surface area contributed by atoms with Crippen molar-refractivity contribution in [1.82, 2.24) is 9.47 Å². The Hall–Kier alpha value is -1.92. The van der Waals surface area contributed by atoms with E-state index >= 15 is 0 Å². The fourth-order valence-electron chi connectivity index (χ4n) is 2.90. The zero-order chi connectivity index (χ0) is 15.8. The van der Waals surface area contributed by atoms with E-state index in [1.807, 2.05) is 21.0 Å². The SMILES string of the molecule is Cc1csc2ccc(-n3ccsc3=NC(=O)N3CCCC3)cc12. The van der Waals surface area contributed by atoms with E-state index < -0.39 is 0 Å². The number of likely N-dealkylation sites (tertiary alicyclic amines) is 1. The van der Waals surface area contributed by atoms with E-state index in [0.29, 0.717) is 0 Å². The fraction of sp³-hybridized carbons (Fsp3) is 0.294. The van der Waals surface area contributed by atoms with Crippen LogP contribution in [-0.2, 0) is 0 Å². The van der Waals surface area contributed by atoms with Gasteiger partial charge < -0.3 is 4.90 Å². The number of carbonyl (C=O) groups excluding carboxylic acids is 1. The Kier molecular flexibility index (Phi) is 3.79. The normalized spacial score (nSPS) is 15.7. The van der Waals surface area contributed by atoms with E-state index in [9.17, 15) is 4.79 Å². The van der Waals surface area contributed by atoms with Crippen LogP contribution >= 0.6 is 22.7 Å². The number of rotatable bonds is 1. The summed E-state index contributed by atoms with van der Waals surface area (Å²) in [5.74, 6) is 0. The quantitative estimate of drug-likeness (QED) is 0.653. The lowest BCUT2D eigenvalue weighted by atomic mass is 10.2. The molecule has 3 aromatic rings. The topological polar surface area (TPSA) is 37.6 Å². The van der Waals surface area contributed by atoms with Crippen LogP contribution in [0.3, 0.4) is 0 Å². The van der Waals surface area contributed by atoms with Gasteiger partial charge in [0.05, 0.1) is 0 Å². The summed E-state index contributed by atoms with van der Waals surface area (Å²) in [6, 6.07) is 6.28. The van der Waals surface area contributed by atoms with E-state index in [1.54, 1.807) is 11.3 Å². The van der Waals surface area contributed by atoms with E-state index in [4.69, 9.17) is 0 Å². The van der Waals surface area contributed by atoms with Crippen molar-refractivity contribution >= 4 is 38.8 Å². The number of aromatic nitrogens is 1. The van der Waals surface area contributed by atoms with Gasteiger partial charge in [-0.2, -0.15) is 4.99 Å². The Balaban J connectivity index is 1.75. The van der Waals surface area contributed by atoms with Gasteiger partial charge in [0.2, 0.25) is 0 Å². The Labute approximate surface area is 142 Å². The predicted molar refractivity (Wildman–Crippen MR) is 95.5 cm³/mol. The smallest absolute Gasteiger partial charge is 0.323 e. The molecule has 0 spiro atoms. The van der Waals surface area contributed by atoms with Gasteiger partial charge in [0.25, 0.3) is 0 Å².